The molecule has 4 aromatic rings. The molecule has 2 aromatic heterocycles. The fraction of sp³-hybridized carbons (Fsp3) is 0.214. The van der Waals surface area contributed by atoms with Gasteiger partial charge < -0.3 is 16.4 Å². The Balaban J connectivity index is 1.45. The molecule has 0 spiro atoms. The van der Waals surface area contributed by atoms with Gasteiger partial charge >= 0.3 is 0 Å². The van der Waals surface area contributed by atoms with Crippen molar-refractivity contribution in [2.75, 3.05) is 10.6 Å². The van der Waals surface area contributed by atoms with Crippen LogP contribution in [0, 0.1) is 0 Å². The summed E-state index contributed by atoms with van der Waals surface area (Å²) in [5, 5.41) is 10.9. The van der Waals surface area contributed by atoms with Crippen molar-refractivity contribution in [2.24, 2.45) is 5.73 Å². The van der Waals surface area contributed by atoms with Gasteiger partial charge in [0.2, 0.25) is 0 Å². The van der Waals surface area contributed by atoms with Gasteiger partial charge in [-0.05, 0) is 53.3 Å². The number of hydrogen-bond donors (Lipinski definition) is 3. The minimum Gasteiger partial charge on any atom is -0.365 e. The second-order valence-corrected chi connectivity index (χ2v) is 9.90. The summed E-state index contributed by atoms with van der Waals surface area (Å²) < 4.78 is 1.80. The monoisotopic (exact) mass is 480 g/mol. The molecule has 0 saturated heterocycles. The van der Waals surface area contributed by atoms with Gasteiger partial charge in [0, 0.05) is 29.6 Å². The van der Waals surface area contributed by atoms with E-state index in [0.29, 0.717) is 40.6 Å². The van der Waals surface area contributed by atoms with Crippen molar-refractivity contribution in [3.63, 3.8) is 0 Å². The third-order valence-electron chi connectivity index (χ3n) is 6.34. The first-order valence-corrected chi connectivity index (χ1v) is 11.8. The van der Waals surface area contributed by atoms with Gasteiger partial charge in [0.1, 0.15) is 22.9 Å². The largest absolute Gasteiger partial charge is 0.365 e. The Labute approximate surface area is 209 Å². The van der Waals surface area contributed by atoms with Crippen molar-refractivity contribution >= 4 is 29.1 Å². The average Bonchev–Trinajstić information content (AvgIpc) is 3.12. The predicted molar refractivity (Wildman–Crippen MR) is 140 cm³/mol. The number of fused-ring (bicyclic) bond motifs is 2. The van der Waals surface area contributed by atoms with Crippen molar-refractivity contribution in [3.8, 4) is 11.3 Å². The smallest absolute Gasteiger partial charge is 0.256 e. The van der Waals surface area contributed by atoms with Gasteiger partial charge in [0.25, 0.3) is 11.8 Å². The van der Waals surface area contributed by atoms with Crippen LogP contribution in [0.1, 0.15) is 52.6 Å². The quantitative estimate of drug-likeness (QED) is 0.385. The number of aryl methyl sites for hydroxylation is 2. The number of hydrogen-bond acceptors (Lipinski definition) is 5. The van der Waals surface area contributed by atoms with Crippen LogP contribution in [-0.2, 0) is 18.4 Å². The van der Waals surface area contributed by atoms with E-state index < -0.39 is 5.91 Å². The summed E-state index contributed by atoms with van der Waals surface area (Å²) in [6.07, 6.45) is 2.38. The molecule has 2 amide bonds. The van der Waals surface area contributed by atoms with E-state index in [-0.39, 0.29) is 11.3 Å². The summed E-state index contributed by atoms with van der Waals surface area (Å²) in [6, 6.07) is 18.6. The van der Waals surface area contributed by atoms with E-state index in [1.54, 1.807) is 53.3 Å². The maximum Gasteiger partial charge on any atom is 0.256 e. The molecule has 1 aliphatic heterocycles. The summed E-state index contributed by atoms with van der Waals surface area (Å²) >= 11 is 0. The van der Waals surface area contributed by atoms with E-state index in [4.69, 9.17) is 10.8 Å². The Kier molecular flexibility index (Phi) is 5.80. The van der Waals surface area contributed by atoms with Crippen molar-refractivity contribution in [1.29, 1.82) is 0 Å². The summed E-state index contributed by atoms with van der Waals surface area (Å²) in [5.74, 6) is 0.215. The Morgan fingerprint density at radius 1 is 1.06 bits per heavy atom. The summed E-state index contributed by atoms with van der Waals surface area (Å²) in [4.78, 5) is 29.3. The van der Waals surface area contributed by atoms with Gasteiger partial charge in [-0.3, -0.25) is 9.59 Å². The first kappa shape index (κ1) is 23.3. The molecule has 0 radical (unpaired) electrons. The minimum atomic E-state index is -0.564. The maximum absolute atomic E-state index is 12.6. The number of carbonyl (C=O) groups excluding carboxylic acids is 2. The SMILES string of the molecule is CC(C)(C)c1ccc2c(c1)CCn1nc(-c3ccc(C(=O)Nc4ccccn4)cc3)c(C(N)=O)c1N2. The van der Waals surface area contributed by atoms with Crippen molar-refractivity contribution in [2.45, 2.75) is 39.2 Å². The second-order valence-electron chi connectivity index (χ2n) is 9.90. The van der Waals surface area contributed by atoms with Gasteiger partial charge in [-0.2, -0.15) is 5.10 Å². The molecule has 8 nitrogen and oxygen atoms in total. The lowest BCUT2D eigenvalue weighted by Crippen LogP contribution is -2.14. The minimum absolute atomic E-state index is 0.0428. The van der Waals surface area contributed by atoms with Crippen molar-refractivity contribution < 1.29 is 9.59 Å². The number of nitrogens with zero attached hydrogens (tertiary/aromatic N) is 3. The van der Waals surface area contributed by atoms with Gasteiger partial charge in [-0.25, -0.2) is 9.67 Å². The molecule has 0 saturated carbocycles. The van der Waals surface area contributed by atoms with Crippen LogP contribution in [0.15, 0.2) is 66.9 Å². The first-order valence-electron chi connectivity index (χ1n) is 11.8. The molecule has 0 unspecified atom stereocenters. The second kappa shape index (κ2) is 8.96. The third kappa shape index (κ3) is 4.45. The number of carbonyl (C=O) groups is 2. The standard InChI is InChI=1S/C28H28N6O2/c1-28(2,3)20-11-12-21-19(16-20)13-15-34-26(31-21)23(25(29)35)24(33-34)17-7-9-18(10-8-17)27(36)32-22-6-4-5-14-30-22/h4-12,14,16,31H,13,15H2,1-3H3,(H2,29,35)(H,30,32,36). The van der Waals surface area contributed by atoms with Crippen LogP contribution in [0.3, 0.4) is 0 Å². The molecule has 4 N–H and O–H groups in total. The molecule has 3 heterocycles. The zero-order valence-electron chi connectivity index (χ0n) is 20.5. The van der Waals surface area contributed by atoms with E-state index in [1.807, 2.05) is 0 Å². The van der Waals surface area contributed by atoms with E-state index in [0.717, 1.165) is 12.1 Å². The van der Waals surface area contributed by atoms with Crippen LogP contribution >= 0.6 is 0 Å². The molecular weight excluding hydrogens is 452 g/mol. The number of aromatic nitrogens is 3. The Bertz CT molecular complexity index is 1450. The number of benzene rings is 2. The number of nitrogens with two attached hydrogens (primary N) is 1. The number of amides is 2. The number of rotatable bonds is 4. The Morgan fingerprint density at radius 3 is 2.50 bits per heavy atom. The van der Waals surface area contributed by atoms with Crippen LogP contribution in [-0.4, -0.2) is 26.6 Å². The van der Waals surface area contributed by atoms with E-state index in [9.17, 15) is 9.59 Å². The van der Waals surface area contributed by atoms with Crippen LogP contribution in [0.25, 0.3) is 11.3 Å². The highest BCUT2D eigenvalue weighted by Gasteiger charge is 2.27. The van der Waals surface area contributed by atoms with Gasteiger partial charge in [0.15, 0.2) is 0 Å². The van der Waals surface area contributed by atoms with Crippen LogP contribution in [0.4, 0.5) is 17.3 Å². The number of primary amides is 1. The van der Waals surface area contributed by atoms with Crippen LogP contribution in [0.5, 0.6) is 0 Å². The molecule has 0 aliphatic carbocycles. The molecule has 0 fully saturated rings. The van der Waals surface area contributed by atoms with Gasteiger partial charge in [-0.1, -0.05) is 51.1 Å². The van der Waals surface area contributed by atoms with Gasteiger partial charge in [-0.15, -0.1) is 0 Å². The molecule has 36 heavy (non-hydrogen) atoms. The zero-order valence-corrected chi connectivity index (χ0v) is 20.5. The van der Waals surface area contributed by atoms with Crippen molar-refractivity contribution in [1.82, 2.24) is 14.8 Å². The van der Waals surface area contributed by atoms with Crippen LogP contribution in [0.2, 0.25) is 0 Å². The first-order chi connectivity index (χ1) is 17.2. The highest BCUT2D eigenvalue weighted by Crippen LogP contribution is 2.36. The lowest BCUT2D eigenvalue weighted by Gasteiger charge is -2.21. The van der Waals surface area contributed by atoms with E-state index >= 15 is 0 Å². The third-order valence-corrected chi connectivity index (χ3v) is 6.34. The zero-order chi connectivity index (χ0) is 25.4. The molecule has 8 heteroatoms. The van der Waals surface area contributed by atoms with Crippen molar-refractivity contribution in [3.05, 3.63) is 89.1 Å². The Morgan fingerprint density at radius 2 is 1.83 bits per heavy atom. The lowest BCUT2D eigenvalue weighted by molar-refractivity contribution is 0.0998. The van der Waals surface area contributed by atoms with E-state index in [1.165, 1.54) is 11.1 Å². The Hall–Kier alpha value is -4.46. The number of anilines is 3. The predicted octanol–water partition coefficient (Wildman–Crippen LogP) is 4.89. The highest BCUT2D eigenvalue weighted by molar-refractivity contribution is 6.06. The maximum atomic E-state index is 12.6. The normalized spacial score (nSPS) is 12.6. The summed E-state index contributed by atoms with van der Waals surface area (Å²) in [7, 11) is 0. The molecular formula is C28H28N6O2. The molecule has 0 bridgehead atoms. The van der Waals surface area contributed by atoms with E-state index in [2.05, 4.69) is 54.6 Å². The fourth-order valence-electron chi connectivity index (χ4n) is 4.33. The highest BCUT2D eigenvalue weighted by atomic mass is 16.2. The fourth-order valence-corrected chi connectivity index (χ4v) is 4.33. The lowest BCUT2D eigenvalue weighted by atomic mass is 9.85. The topological polar surface area (TPSA) is 115 Å². The molecule has 0 atom stereocenters. The molecule has 2 aromatic carbocycles. The summed E-state index contributed by atoms with van der Waals surface area (Å²) in [5.41, 5.74) is 11.2. The summed E-state index contributed by atoms with van der Waals surface area (Å²) in [6.45, 7) is 7.17. The average molecular weight is 481 g/mol. The molecule has 182 valence electrons. The number of nitrogens with one attached hydrogen (secondary N) is 2. The van der Waals surface area contributed by atoms with Gasteiger partial charge in [0.05, 0.1) is 0 Å². The molecule has 5 rings (SSSR count). The van der Waals surface area contributed by atoms with Crippen LogP contribution < -0.4 is 16.4 Å². The molecule has 1 aliphatic rings. The number of pyridine rings is 1.